The zero-order chi connectivity index (χ0) is 18.4. The maximum Gasteiger partial charge on any atom is 0.223 e. The smallest absolute Gasteiger partial charge is 0.223 e. The van der Waals surface area contributed by atoms with Crippen LogP contribution < -0.4 is 10.1 Å². The molecule has 4 rings (SSSR count). The summed E-state index contributed by atoms with van der Waals surface area (Å²) in [5.41, 5.74) is 0.887. The van der Waals surface area contributed by atoms with Gasteiger partial charge in [0.25, 0.3) is 0 Å². The Balaban J connectivity index is 1.47. The second kappa shape index (κ2) is 6.27. The van der Waals surface area contributed by atoms with Gasteiger partial charge in [-0.1, -0.05) is 30.3 Å². The molecule has 1 N–H and O–H groups in total. The van der Waals surface area contributed by atoms with Gasteiger partial charge in [-0.25, -0.2) is 8.42 Å². The molecule has 1 aliphatic heterocycles. The van der Waals surface area contributed by atoms with E-state index >= 15 is 0 Å². The molecular formula is C20H23NO4S. The standard InChI is InChI=1S/C20H23NO4S/c1-25-18-7-6-14-4-2-3-5-15(14)16(18)13-21-19(22)17-12-20(17)8-10-26(23,24)11-9-20/h2-7,17H,8-13H2,1H3,(H,21,22). The molecule has 6 heteroatoms. The van der Waals surface area contributed by atoms with Crippen molar-refractivity contribution < 1.29 is 17.9 Å². The van der Waals surface area contributed by atoms with Crippen molar-refractivity contribution in [2.24, 2.45) is 11.3 Å². The normalized spacial score (nSPS) is 22.9. The highest BCUT2D eigenvalue weighted by Crippen LogP contribution is 2.59. The Bertz CT molecular complexity index is 953. The minimum atomic E-state index is -2.90. The summed E-state index contributed by atoms with van der Waals surface area (Å²) >= 11 is 0. The quantitative estimate of drug-likeness (QED) is 0.894. The highest BCUT2D eigenvalue weighted by Gasteiger charge is 2.59. The molecule has 2 aromatic carbocycles. The molecule has 1 amide bonds. The molecular weight excluding hydrogens is 350 g/mol. The van der Waals surface area contributed by atoms with Crippen LogP contribution in [0.2, 0.25) is 0 Å². The molecule has 1 saturated carbocycles. The molecule has 2 aromatic rings. The van der Waals surface area contributed by atoms with Crippen molar-refractivity contribution in [1.82, 2.24) is 5.32 Å². The number of hydrogen-bond acceptors (Lipinski definition) is 4. The van der Waals surface area contributed by atoms with E-state index in [0.29, 0.717) is 19.4 Å². The van der Waals surface area contributed by atoms with Crippen LogP contribution >= 0.6 is 0 Å². The van der Waals surface area contributed by atoms with Crippen molar-refractivity contribution in [1.29, 1.82) is 0 Å². The van der Waals surface area contributed by atoms with Gasteiger partial charge in [0.2, 0.25) is 5.91 Å². The van der Waals surface area contributed by atoms with E-state index in [0.717, 1.165) is 28.5 Å². The van der Waals surface area contributed by atoms with Gasteiger partial charge in [-0.15, -0.1) is 0 Å². The van der Waals surface area contributed by atoms with Crippen LogP contribution in [0.3, 0.4) is 0 Å². The Kier molecular flexibility index (Phi) is 4.18. The number of sulfone groups is 1. The lowest BCUT2D eigenvalue weighted by Crippen LogP contribution is -2.31. The third-order valence-electron chi connectivity index (χ3n) is 5.99. The number of ether oxygens (including phenoxy) is 1. The predicted molar refractivity (Wildman–Crippen MR) is 101 cm³/mol. The highest BCUT2D eigenvalue weighted by atomic mass is 32.2. The average molecular weight is 373 g/mol. The van der Waals surface area contributed by atoms with Crippen molar-refractivity contribution in [2.45, 2.75) is 25.8 Å². The third-order valence-corrected chi connectivity index (χ3v) is 7.64. The average Bonchev–Trinajstić information content (AvgIpc) is 3.36. The van der Waals surface area contributed by atoms with Crippen molar-refractivity contribution in [2.75, 3.05) is 18.6 Å². The zero-order valence-corrected chi connectivity index (χ0v) is 15.6. The lowest BCUT2D eigenvalue weighted by atomic mass is 9.96. The van der Waals surface area contributed by atoms with Crippen LogP contribution in [0.5, 0.6) is 5.75 Å². The van der Waals surface area contributed by atoms with Gasteiger partial charge in [-0.05, 0) is 41.5 Å². The molecule has 1 aliphatic carbocycles. The van der Waals surface area contributed by atoms with Gasteiger partial charge in [-0.2, -0.15) is 0 Å². The van der Waals surface area contributed by atoms with E-state index in [4.69, 9.17) is 4.74 Å². The largest absolute Gasteiger partial charge is 0.496 e. The highest BCUT2D eigenvalue weighted by molar-refractivity contribution is 7.91. The van der Waals surface area contributed by atoms with Crippen LogP contribution in [0, 0.1) is 11.3 Å². The number of methoxy groups -OCH3 is 1. The van der Waals surface area contributed by atoms with E-state index < -0.39 is 9.84 Å². The van der Waals surface area contributed by atoms with Gasteiger partial charge >= 0.3 is 0 Å². The van der Waals surface area contributed by atoms with Crippen LogP contribution in [-0.4, -0.2) is 32.9 Å². The molecule has 26 heavy (non-hydrogen) atoms. The number of amides is 1. The fraction of sp³-hybridized carbons (Fsp3) is 0.450. The minimum absolute atomic E-state index is 0.0271. The maximum atomic E-state index is 12.6. The minimum Gasteiger partial charge on any atom is -0.496 e. The molecule has 2 fully saturated rings. The van der Waals surface area contributed by atoms with E-state index in [1.807, 2.05) is 36.4 Å². The predicted octanol–water partition coefficient (Wildman–Crippen LogP) is 2.68. The number of rotatable bonds is 4. The number of nitrogens with one attached hydrogen (secondary N) is 1. The third kappa shape index (κ3) is 3.07. The summed E-state index contributed by atoms with van der Waals surface area (Å²) in [6.45, 7) is 0.411. The van der Waals surface area contributed by atoms with E-state index in [-0.39, 0.29) is 28.7 Å². The van der Waals surface area contributed by atoms with Gasteiger partial charge in [0.1, 0.15) is 15.6 Å². The molecule has 0 bridgehead atoms. The first-order valence-corrected chi connectivity index (χ1v) is 10.8. The molecule has 0 aromatic heterocycles. The molecule has 1 spiro atoms. The molecule has 2 aliphatic rings. The first kappa shape index (κ1) is 17.3. The summed E-state index contributed by atoms with van der Waals surface area (Å²) in [4.78, 5) is 12.6. The number of carbonyl (C=O) groups is 1. The van der Waals surface area contributed by atoms with Crippen LogP contribution in [-0.2, 0) is 21.2 Å². The summed E-state index contributed by atoms with van der Waals surface area (Å²) in [5, 5.41) is 5.23. The van der Waals surface area contributed by atoms with E-state index in [1.165, 1.54) is 0 Å². The van der Waals surface area contributed by atoms with Crippen LogP contribution in [0.25, 0.3) is 10.8 Å². The Morgan fingerprint density at radius 1 is 1.19 bits per heavy atom. The lowest BCUT2D eigenvalue weighted by Gasteiger charge is -2.22. The Morgan fingerprint density at radius 3 is 2.65 bits per heavy atom. The molecule has 0 radical (unpaired) electrons. The van der Waals surface area contributed by atoms with Crippen molar-refractivity contribution in [3.05, 3.63) is 42.0 Å². The number of hydrogen-bond donors (Lipinski definition) is 1. The van der Waals surface area contributed by atoms with E-state index in [9.17, 15) is 13.2 Å². The fourth-order valence-electron chi connectivity index (χ4n) is 4.20. The van der Waals surface area contributed by atoms with Gasteiger partial charge in [0.05, 0.1) is 18.6 Å². The van der Waals surface area contributed by atoms with Crippen LogP contribution in [0.4, 0.5) is 0 Å². The Hall–Kier alpha value is -2.08. The first-order chi connectivity index (χ1) is 12.4. The summed E-state index contributed by atoms with van der Waals surface area (Å²) in [6, 6.07) is 12.0. The van der Waals surface area contributed by atoms with Crippen molar-refractivity contribution in [3.63, 3.8) is 0 Å². The zero-order valence-electron chi connectivity index (χ0n) is 14.8. The topological polar surface area (TPSA) is 72.5 Å². The second-order valence-electron chi connectivity index (χ2n) is 7.46. The number of fused-ring (bicyclic) bond motifs is 1. The first-order valence-electron chi connectivity index (χ1n) is 8.97. The molecule has 138 valence electrons. The van der Waals surface area contributed by atoms with Gasteiger partial charge in [0, 0.05) is 18.0 Å². The molecule has 1 saturated heterocycles. The summed E-state index contributed by atoms with van der Waals surface area (Å²) in [6.07, 6.45) is 2.04. The SMILES string of the molecule is COc1ccc2ccccc2c1CNC(=O)C1CC12CCS(=O)(=O)CC2. The lowest BCUT2D eigenvalue weighted by molar-refractivity contribution is -0.123. The summed E-state index contributed by atoms with van der Waals surface area (Å²) in [7, 11) is -1.27. The van der Waals surface area contributed by atoms with Crippen molar-refractivity contribution >= 4 is 26.5 Å². The number of benzene rings is 2. The van der Waals surface area contributed by atoms with Gasteiger partial charge < -0.3 is 10.1 Å². The summed E-state index contributed by atoms with van der Waals surface area (Å²) < 4.78 is 28.7. The molecule has 5 nitrogen and oxygen atoms in total. The van der Waals surface area contributed by atoms with Crippen LogP contribution in [0.1, 0.15) is 24.8 Å². The van der Waals surface area contributed by atoms with E-state index in [2.05, 4.69) is 5.32 Å². The Morgan fingerprint density at radius 2 is 1.92 bits per heavy atom. The molecule has 1 heterocycles. The van der Waals surface area contributed by atoms with Crippen molar-refractivity contribution in [3.8, 4) is 5.75 Å². The maximum absolute atomic E-state index is 12.6. The van der Waals surface area contributed by atoms with Gasteiger partial charge in [0.15, 0.2) is 0 Å². The monoisotopic (exact) mass is 373 g/mol. The molecule has 1 unspecified atom stereocenters. The van der Waals surface area contributed by atoms with Gasteiger partial charge in [-0.3, -0.25) is 4.79 Å². The number of carbonyl (C=O) groups excluding carboxylic acids is 1. The summed E-state index contributed by atoms with van der Waals surface area (Å²) in [5.74, 6) is 1.17. The molecule has 1 atom stereocenters. The fourth-order valence-corrected chi connectivity index (χ4v) is 5.84. The Labute approximate surface area is 153 Å². The second-order valence-corrected chi connectivity index (χ2v) is 9.76. The van der Waals surface area contributed by atoms with Crippen LogP contribution in [0.15, 0.2) is 36.4 Å². The van der Waals surface area contributed by atoms with E-state index in [1.54, 1.807) is 7.11 Å².